The Balaban J connectivity index is 1.71. The normalized spacial score (nSPS) is 24.3. The highest BCUT2D eigenvalue weighted by Gasteiger charge is 2.59. The van der Waals surface area contributed by atoms with Crippen molar-refractivity contribution in [2.24, 2.45) is 16.6 Å². The predicted molar refractivity (Wildman–Crippen MR) is 105 cm³/mol. The van der Waals surface area contributed by atoms with Gasteiger partial charge in [0, 0.05) is 23.4 Å². The van der Waals surface area contributed by atoms with Gasteiger partial charge in [0.05, 0.1) is 10.6 Å². The van der Waals surface area contributed by atoms with E-state index in [1.54, 1.807) is 0 Å². The molecule has 1 fully saturated rings. The number of aliphatic imine (C=N–C) groups is 1. The summed E-state index contributed by atoms with van der Waals surface area (Å²) in [5.74, 6) is -2.42. The van der Waals surface area contributed by atoms with Crippen LogP contribution in [0, 0.1) is 23.1 Å². The molecule has 0 spiro atoms. The van der Waals surface area contributed by atoms with Crippen LogP contribution in [-0.4, -0.2) is 29.4 Å². The van der Waals surface area contributed by atoms with Gasteiger partial charge in [0.25, 0.3) is 18.4 Å². The first-order chi connectivity index (χ1) is 14.8. The van der Waals surface area contributed by atoms with E-state index in [2.05, 4.69) is 15.3 Å². The molecule has 3 unspecified atom stereocenters. The molecule has 11 heteroatoms. The molecule has 160 valence electrons. The van der Waals surface area contributed by atoms with Gasteiger partial charge in [0.2, 0.25) is 0 Å². The number of alkyl halides is 2. The number of amides is 1. The van der Waals surface area contributed by atoms with E-state index in [1.807, 2.05) is 6.07 Å². The number of benzene rings is 1. The van der Waals surface area contributed by atoms with E-state index in [-0.39, 0.29) is 27.5 Å². The summed E-state index contributed by atoms with van der Waals surface area (Å²) in [4.78, 5) is 20.2. The van der Waals surface area contributed by atoms with Crippen LogP contribution >= 0.6 is 11.6 Å². The molecular formula is C20H15ClF3N5O2. The zero-order valence-electron chi connectivity index (χ0n) is 15.8. The number of nitrogens with one attached hydrogen (secondary N) is 1. The molecule has 1 aliphatic carbocycles. The summed E-state index contributed by atoms with van der Waals surface area (Å²) in [6.07, 6.45) is -1.59. The smallest absolute Gasteiger partial charge is 0.283 e. The first kappa shape index (κ1) is 20.9. The average Bonchev–Trinajstić information content (AvgIpc) is 2.70. The van der Waals surface area contributed by atoms with Crippen LogP contribution in [0.25, 0.3) is 0 Å². The number of nitrogens with zero attached hydrogens (tertiary/aromatic N) is 3. The minimum atomic E-state index is -3.06. The Labute approximate surface area is 179 Å². The highest BCUT2D eigenvalue weighted by atomic mass is 35.5. The molecule has 2 aliphatic rings. The summed E-state index contributed by atoms with van der Waals surface area (Å²) < 4.78 is 48.7. The molecular weight excluding hydrogens is 435 g/mol. The Bertz CT molecular complexity index is 1140. The lowest BCUT2D eigenvalue weighted by molar-refractivity contribution is -0.0949. The number of aromatic nitrogens is 1. The summed E-state index contributed by atoms with van der Waals surface area (Å²) in [6.45, 7) is 0. The van der Waals surface area contributed by atoms with Crippen molar-refractivity contribution >= 4 is 29.2 Å². The molecule has 0 bridgehead atoms. The summed E-state index contributed by atoms with van der Waals surface area (Å²) in [5, 5.41) is 11.3. The summed E-state index contributed by atoms with van der Waals surface area (Å²) in [7, 11) is 0. The number of anilines is 1. The Morgan fingerprint density at radius 1 is 1.39 bits per heavy atom. The standard InChI is InChI=1S/C20H15ClF3N5O2/c21-13-5-9(7-25)8-27-16(13)17(30)28-10-1-3-14(22)12(6-10)20(18(23)24)11-2-4-15(11)31-19(26)29-20/h1,3,5-6,8,11,15,18H,2,4H2,(H2,26,29)(H,28,30). The zero-order chi connectivity index (χ0) is 22.3. The fourth-order valence-corrected chi connectivity index (χ4v) is 4.17. The number of carbonyl (C=O) groups excluding carboxylic acids is 1. The third kappa shape index (κ3) is 3.45. The van der Waals surface area contributed by atoms with E-state index in [1.165, 1.54) is 18.3 Å². The van der Waals surface area contributed by atoms with Crippen molar-refractivity contribution in [3.63, 3.8) is 0 Å². The number of rotatable bonds is 4. The first-order valence-corrected chi connectivity index (χ1v) is 9.61. The number of nitrogens with two attached hydrogens (primary N) is 1. The van der Waals surface area contributed by atoms with Gasteiger partial charge in [-0.25, -0.2) is 23.1 Å². The van der Waals surface area contributed by atoms with Crippen LogP contribution in [0.3, 0.4) is 0 Å². The van der Waals surface area contributed by atoms with Gasteiger partial charge in [-0.05, 0) is 37.1 Å². The zero-order valence-corrected chi connectivity index (χ0v) is 16.5. The lowest BCUT2D eigenvalue weighted by atomic mass is 9.65. The van der Waals surface area contributed by atoms with Gasteiger partial charge in [-0.15, -0.1) is 0 Å². The maximum absolute atomic E-state index is 14.8. The highest BCUT2D eigenvalue weighted by molar-refractivity contribution is 6.34. The van der Waals surface area contributed by atoms with Crippen LogP contribution in [0.5, 0.6) is 0 Å². The van der Waals surface area contributed by atoms with E-state index in [0.29, 0.717) is 12.8 Å². The summed E-state index contributed by atoms with van der Waals surface area (Å²) >= 11 is 5.99. The van der Waals surface area contributed by atoms with E-state index >= 15 is 0 Å². The molecule has 7 nitrogen and oxygen atoms in total. The summed E-state index contributed by atoms with van der Waals surface area (Å²) in [5.41, 5.74) is 3.03. The third-order valence-corrected chi connectivity index (χ3v) is 5.81. The monoisotopic (exact) mass is 449 g/mol. The number of carbonyl (C=O) groups is 1. The second-order valence-corrected chi connectivity index (χ2v) is 7.64. The minimum Gasteiger partial charge on any atom is -0.462 e. The third-order valence-electron chi connectivity index (χ3n) is 5.52. The molecule has 1 amide bonds. The molecule has 3 atom stereocenters. The fourth-order valence-electron chi connectivity index (χ4n) is 3.92. The molecule has 1 aromatic heterocycles. The maximum Gasteiger partial charge on any atom is 0.283 e. The Kier molecular flexibility index (Phi) is 5.23. The van der Waals surface area contributed by atoms with Crippen molar-refractivity contribution in [2.45, 2.75) is 30.9 Å². The van der Waals surface area contributed by atoms with Crippen LogP contribution in [0.1, 0.15) is 34.5 Å². The van der Waals surface area contributed by atoms with Crippen LogP contribution in [0.15, 0.2) is 35.5 Å². The lowest BCUT2D eigenvalue weighted by Crippen LogP contribution is -2.57. The number of pyridine rings is 1. The van der Waals surface area contributed by atoms with E-state index in [9.17, 15) is 18.0 Å². The van der Waals surface area contributed by atoms with Crippen molar-refractivity contribution in [3.05, 3.63) is 58.1 Å². The number of ether oxygens (including phenoxy) is 1. The molecule has 3 N–H and O–H groups in total. The number of halogens is 4. The van der Waals surface area contributed by atoms with Gasteiger partial charge in [0.15, 0.2) is 5.54 Å². The van der Waals surface area contributed by atoms with Crippen molar-refractivity contribution < 1.29 is 22.7 Å². The molecule has 2 aromatic rings. The molecule has 2 heterocycles. The second-order valence-electron chi connectivity index (χ2n) is 7.23. The van der Waals surface area contributed by atoms with Gasteiger partial charge < -0.3 is 15.8 Å². The second kappa shape index (κ2) is 7.74. The Hall–Kier alpha value is -3.32. The SMILES string of the molecule is N#Cc1cnc(C(=O)Nc2ccc(F)c(C3(C(F)F)N=C(N)OC4CCC43)c2)c(Cl)c1. The first-order valence-electron chi connectivity index (χ1n) is 9.23. The van der Waals surface area contributed by atoms with Crippen molar-refractivity contribution in [1.82, 2.24) is 4.98 Å². The van der Waals surface area contributed by atoms with E-state index in [0.717, 1.165) is 12.1 Å². The Morgan fingerprint density at radius 3 is 2.77 bits per heavy atom. The molecule has 0 radical (unpaired) electrons. The molecule has 1 aromatic carbocycles. The quantitative estimate of drug-likeness (QED) is 0.740. The van der Waals surface area contributed by atoms with Crippen LogP contribution in [-0.2, 0) is 10.3 Å². The van der Waals surface area contributed by atoms with E-state index < -0.39 is 41.7 Å². The predicted octanol–water partition coefficient (Wildman–Crippen LogP) is 3.58. The largest absolute Gasteiger partial charge is 0.462 e. The number of fused-ring (bicyclic) bond motifs is 1. The van der Waals surface area contributed by atoms with E-state index in [4.69, 9.17) is 27.3 Å². The van der Waals surface area contributed by atoms with Crippen LogP contribution < -0.4 is 11.1 Å². The maximum atomic E-state index is 14.8. The minimum absolute atomic E-state index is 0.0415. The van der Waals surface area contributed by atoms with Gasteiger partial charge in [-0.1, -0.05) is 11.6 Å². The molecule has 31 heavy (non-hydrogen) atoms. The van der Waals surface area contributed by atoms with Gasteiger partial charge in [0.1, 0.15) is 23.7 Å². The van der Waals surface area contributed by atoms with Gasteiger partial charge in [-0.2, -0.15) is 5.26 Å². The van der Waals surface area contributed by atoms with Crippen molar-refractivity contribution in [3.8, 4) is 6.07 Å². The van der Waals surface area contributed by atoms with Crippen LogP contribution in [0.4, 0.5) is 18.9 Å². The van der Waals surface area contributed by atoms with Gasteiger partial charge in [-0.3, -0.25) is 4.79 Å². The lowest BCUT2D eigenvalue weighted by Gasteiger charge is -2.50. The molecule has 0 saturated heterocycles. The fraction of sp³-hybridized carbons (Fsp3) is 0.300. The highest BCUT2D eigenvalue weighted by Crippen LogP contribution is 2.53. The van der Waals surface area contributed by atoms with Crippen molar-refractivity contribution in [2.75, 3.05) is 5.32 Å². The number of hydrogen-bond acceptors (Lipinski definition) is 6. The van der Waals surface area contributed by atoms with Crippen molar-refractivity contribution in [1.29, 1.82) is 5.26 Å². The summed E-state index contributed by atoms with van der Waals surface area (Å²) in [6, 6.07) is 5.98. The molecule has 1 saturated carbocycles. The average molecular weight is 450 g/mol. The van der Waals surface area contributed by atoms with Gasteiger partial charge >= 0.3 is 0 Å². The number of hydrogen-bond donors (Lipinski definition) is 2. The molecule has 4 rings (SSSR count). The molecule has 1 aliphatic heterocycles. The Morgan fingerprint density at radius 2 is 2.16 bits per heavy atom. The number of amidine groups is 1. The topological polar surface area (TPSA) is 113 Å². The number of nitriles is 1. The van der Waals surface area contributed by atoms with Crippen LogP contribution in [0.2, 0.25) is 5.02 Å².